The molecule has 0 unspecified atom stereocenters. The number of halogens is 1. The molecule has 1 aromatic heterocycles. The van der Waals surface area contributed by atoms with Gasteiger partial charge in [0, 0.05) is 31.2 Å². The van der Waals surface area contributed by atoms with Gasteiger partial charge in [-0.2, -0.15) is 4.31 Å². The van der Waals surface area contributed by atoms with Gasteiger partial charge in [-0.1, -0.05) is 17.7 Å². The van der Waals surface area contributed by atoms with Crippen LogP contribution in [-0.4, -0.2) is 55.5 Å². The summed E-state index contributed by atoms with van der Waals surface area (Å²) in [6, 6.07) is 9.42. The Morgan fingerprint density at radius 2 is 1.69 bits per heavy atom. The van der Waals surface area contributed by atoms with E-state index in [-0.39, 0.29) is 29.7 Å². The van der Waals surface area contributed by atoms with Gasteiger partial charge in [-0.3, -0.25) is 9.59 Å². The van der Waals surface area contributed by atoms with Crippen LogP contribution in [0.15, 0.2) is 41.3 Å². The van der Waals surface area contributed by atoms with Crippen molar-refractivity contribution in [2.45, 2.75) is 11.8 Å². The topological polar surface area (TPSA) is 74.8 Å². The fourth-order valence-corrected chi connectivity index (χ4v) is 5.30. The van der Waals surface area contributed by atoms with Crippen molar-refractivity contribution in [1.82, 2.24) is 9.21 Å². The second-order valence-electron chi connectivity index (χ2n) is 5.87. The highest BCUT2D eigenvalue weighted by atomic mass is 35.5. The van der Waals surface area contributed by atoms with Gasteiger partial charge in [0.2, 0.25) is 10.0 Å². The molecule has 1 aliphatic heterocycles. The molecular formula is C17H17ClN2O4S2. The molecule has 1 fully saturated rings. The second-order valence-corrected chi connectivity index (χ2v) is 9.33. The molecule has 0 saturated carbocycles. The Bertz CT molecular complexity index is 947. The van der Waals surface area contributed by atoms with Crippen molar-refractivity contribution in [2.24, 2.45) is 0 Å². The number of ketones is 1. The molecule has 26 heavy (non-hydrogen) atoms. The summed E-state index contributed by atoms with van der Waals surface area (Å²) in [7, 11) is -3.64. The van der Waals surface area contributed by atoms with Crippen LogP contribution in [0, 0.1) is 0 Å². The Balaban J connectivity index is 1.68. The third-order valence-electron chi connectivity index (χ3n) is 4.12. The van der Waals surface area contributed by atoms with Crippen molar-refractivity contribution in [3.8, 4) is 0 Å². The largest absolute Gasteiger partial charge is 0.335 e. The number of thiophene rings is 1. The zero-order chi connectivity index (χ0) is 18.9. The molecule has 1 amide bonds. The maximum absolute atomic E-state index is 12.7. The summed E-state index contributed by atoms with van der Waals surface area (Å²) in [6.07, 6.45) is 0. The van der Waals surface area contributed by atoms with Crippen LogP contribution in [-0.2, 0) is 10.0 Å². The van der Waals surface area contributed by atoms with Crippen LogP contribution >= 0.6 is 22.9 Å². The average molecular weight is 413 g/mol. The molecule has 0 radical (unpaired) electrons. The lowest BCUT2D eigenvalue weighted by Gasteiger charge is -2.33. The number of rotatable bonds is 4. The number of benzene rings is 1. The summed E-state index contributed by atoms with van der Waals surface area (Å²) in [5.74, 6) is -0.256. The van der Waals surface area contributed by atoms with Crippen LogP contribution in [0.1, 0.15) is 26.3 Å². The van der Waals surface area contributed by atoms with E-state index in [0.29, 0.717) is 27.9 Å². The first kappa shape index (κ1) is 19.0. The quantitative estimate of drug-likeness (QED) is 0.723. The summed E-state index contributed by atoms with van der Waals surface area (Å²) < 4.78 is 26.7. The third kappa shape index (κ3) is 3.83. The van der Waals surface area contributed by atoms with E-state index >= 15 is 0 Å². The summed E-state index contributed by atoms with van der Waals surface area (Å²) in [5, 5.41) is 0.360. The normalized spacial score (nSPS) is 15.8. The van der Waals surface area contributed by atoms with Crippen molar-refractivity contribution < 1.29 is 18.0 Å². The number of hydrogen-bond donors (Lipinski definition) is 0. The van der Waals surface area contributed by atoms with E-state index < -0.39 is 10.0 Å². The fraction of sp³-hybridized carbons (Fsp3) is 0.294. The first-order chi connectivity index (χ1) is 12.3. The maximum Gasteiger partial charge on any atom is 0.264 e. The van der Waals surface area contributed by atoms with E-state index in [0.717, 1.165) is 11.3 Å². The number of amides is 1. The van der Waals surface area contributed by atoms with Crippen LogP contribution in [0.5, 0.6) is 0 Å². The summed E-state index contributed by atoms with van der Waals surface area (Å²) in [6.45, 7) is 2.48. The zero-order valence-electron chi connectivity index (χ0n) is 14.0. The zero-order valence-corrected chi connectivity index (χ0v) is 16.4. The minimum absolute atomic E-state index is 0.0773. The molecule has 6 nitrogen and oxygen atoms in total. The second kappa shape index (κ2) is 7.48. The van der Waals surface area contributed by atoms with Gasteiger partial charge in [-0.25, -0.2) is 8.42 Å². The van der Waals surface area contributed by atoms with Crippen LogP contribution < -0.4 is 0 Å². The Labute approximate surface area is 161 Å². The molecule has 0 N–H and O–H groups in total. The van der Waals surface area contributed by atoms with Crippen molar-refractivity contribution in [3.05, 3.63) is 51.2 Å². The number of piperazine rings is 1. The number of carbonyl (C=O) groups excluding carboxylic acids is 2. The molecule has 2 aromatic rings. The highest BCUT2D eigenvalue weighted by molar-refractivity contribution is 7.89. The van der Waals surface area contributed by atoms with Crippen molar-refractivity contribution in [1.29, 1.82) is 0 Å². The van der Waals surface area contributed by atoms with Gasteiger partial charge < -0.3 is 4.90 Å². The van der Waals surface area contributed by atoms with E-state index in [1.807, 2.05) is 0 Å². The van der Waals surface area contributed by atoms with Crippen molar-refractivity contribution in [3.63, 3.8) is 0 Å². The lowest BCUT2D eigenvalue weighted by atomic mass is 10.3. The average Bonchev–Trinajstić information content (AvgIpc) is 3.11. The number of nitrogens with zero attached hydrogens (tertiary/aromatic N) is 2. The number of carbonyl (C=O) groups is 2. The van der Waals surface area contributed by atoms with Crippen molar-refractivity contribution in [2.75, 3.05) is 26.2 Å². The van der Waals surface area contributed by atoms with E-state index in [4.69, 9.17) is 11.6 Å². The lowest BCUT2D eigenvalue weighted by molar-refractivity contribution is 0.0702. The lowest BCUT2D eigenvalue weighted by Crippen LogP contribution is -2.50. The first-order valence-electron chi connectivity index (χ1n) is 7.95. The first-order valence-corrected chi connectivity index (χ1v) is 10.6. The molecule has 0 aliphatic carbocycles. The molecule has 0 bridgehead atoms. The Morgan fingerprint density at radius 3 is 2.27 bits per heavy atom. The monoisotopic (exact) mass is 412 g/mol. The van der Waals surface area contributed by atoms with Crippen molar-refractivity contribution >= 4 is 44.7 Å². The maximum atomic E-state index is 12.7. The van der Waals surface area contributed by atoms with Gasteiger partial charge in [-0.05, 0) is 37.3 Å². The standard InChI is InChI=1S/C17H17ClN2O4S2/c1-12(21)15-5-6-16(25-15)17(22)19-7-9-20(10-8-19)26(23,24)14-4-2-3-13(18)11-14/h2-6,11H,7-10H2,1H3. The molecule has 3 rings (SSSR count). The fourth-order valence-electron chi connectivity index (χ4n) is 2.71. The van der Waals surface area contributed by atoms with Gasteiger partial charge in [-0.15, -0.1) is 11.3 Å². The molecule has 9 heteroatoms. The molecule has 1 aromatic carbocycles. The van der Waals surface area contributed by atoms with Gasteiger partial charge in [0.25, 0.3) is 5.91 Å². The molecule has 2 heterocycles. The number of hydrogen-bond acceptors (Lipinski definition) is 5. The molecular weight excluding hydrogens is 396 g/mol. The minimum atomic E-state index is -3.64. The summed E-state index contributed by atoms with van der Waals surface area (Å²) in [5.41, 5.74) is 0. The minimum Gasteiger partial charge on any atom is -0.335 e. The van der Waals surface area contributed by atoms with Crippen LogP contribution in [0.3, 0.4) is 0 Å². The Morgan fingerprint density at radius 1 is 1.04 bits per heavy atom. The van der Waals surface area contributed by atoms with Crippen LogP contribution in [0.25, 0.3) is 0 Å². The summed E-state index contributed by atoms with van der Waals surface area (Å²) in [4.78, 5) is 26.7. The van der Waals surface area contributed by atoms with Gasteiger partial charge >= 0.3 is 0 Å². The number of sulfonamides is 1. The Hall–Kier alpha value is -1.74. The van der Waals surface area contributed by atoms with E-state index in [1.54, 1.807) is 29.2 Å². The Kier molecular flexibility index (Phi) is 5.47. The van der Waals surface area contributed by atoms with E-state index in [2.05, 4.69) is 0 Å². The SMILES string of the molecule is CC(=O)c1ccc(C(=O)N2CCN(S(=O)(=O)c3cccc(Cl)c3)CC2)s1. The molecule has 0 spiro atoms. The van der Waals surface area contributed by atoms with E-state index in [9.17, 15) is 18.0 Å². The molecule has 0 atom stereocenters. The number of Topliss-reactive ketones (excluding diaryl/α,β-unsaturated/α-hetero) is 1. The third-order valence-corrected chi connectivity index (χ3v) is 7.43. The molecule has 1 saturated heterocycles. The van der Waals surface area contributed by atoms with Gasteiger partial charge in [0.05, 0.1) is 14.6 Å². The summed E-state index contributed by atoms with van der Waals surface area (Å²) >= 11 is 7.05. The van der Waals surface area contributed by atoms with E-state index in [1.165, 1.54) is 23.4 Å². The predicted octanol–water partition coefficient (Wildman–Crippen LogP) is 2.75. The highest BCUT2D eigenvalue weighted by Gasteiger charge is 2.31. The highest BCUT2D eigenvalue weighted by Crippen LogP contribution is 2.23. The van der Waals surface area contributed by atoms with Gasteiger partial charge in [0.15, 0.2) is 5.78 Å². The van der Waals surface area contributed by atoms with Crippen LogP contribution in [0.4, 0.5) is 0 Å². The predicted molar refractivity (Wildman–Crippen MR) is 100 cm³/mol. The van der Waals surface area contributed by atoms with Gasteiger partial charge in [0.1, 0.15) is 0 Å². The van der Waals surface area contributed by atoms with Crippen LogP contribution in [0.2, 0.25) is 5.02 Å². The molecule has 1 aliphatic rings. The smallest absolute Gasteiger partial charge is 0.264 e. The molecule has 138 valence electrons.